The van der Waals surface area contributed by atoms with Crippen molar-refractivity contribution in [3.05, 3.63) is 35.7 Å². The van der Waals surface area contributed by atoms with Crippen LogP contribution in [-0.2, 0) is 30.6 Å². The fourth-order valence-electron chi connectivity index (χ4n) is 5.22. The Hall–Kier alpha value is -2.60. The highest BCUT2D eigenvalue weighted by atomic mass is 32.2. The number of ether oxygens (including phenoxy) is 2. The first kappa shape index (κ1) is 25.1. The molecule has 11 heteroatoms. The lowest BCUT2D eigenvalue weighted by atomic mass is 9.94. The van der Waals surface area contributed by atoms with Crippen molar-refractivity contribution < 1.29 is 17.9 Å². The number of nitrogens with zero attached hydrogens (tertiary/aromatic N) is 4. The van der Waals surface area contributed by atoms with Gasteiger partial charge in [-0.3, -0.25) is 0 Å². The molecule has 0 amide bonds. The minimum absolute atomic E-state index is 0.155. The average molecular weight is 515 g/mol. The van der Waals surface area contributed by atoms with Crippen LogP contribution >= 0.6 is 0 Å². The Morgan fingerprint density at radius 1 is 1.14 bits per heavy atom. The molecule has 0 aliphatic carbocycles. The molecule has 2 fully saturated rings. The Morgan fingerprint density at radius 2 is 1.94 bits per heavy atom. The molecule has 0 aromatic carbocycles. The second-order valence-electron chi connectivity index (χ2n) is 9.60. The number of rotatable bonds is 7. The van der Waals surface area contributed by atoms with E-state index in [2.05, 4.69) is 22.1 Å². The topological polar surface area (TPSA) is 122 Å². The van der Waals surface area contributed by atoms with Crippen LogP contribution in [-0.4, -0.2) is 80.7 Å². The van der Waals surface area contributed by atoms with Crippen LogP contribution in [0.1, 0.15) is 37.6 Å². The zero-order chi connectivity index (χ0) is 25.3. The number of anilines is 1. The van der Waals surface area contributed by atoms with Gasteiger partial charge in [0.05, 0.1) is 36.0 Å². The summed E-state index contributed by atoms with van der Waals surface area (Å²) in [6.45, 7) is 5.46. The maximum absolute atomic E-state index is 13.2. The van der Waals surface area contributed by atoms with Crippen molar-refractivity contribution in [1.29, 1.82) is 0 Å². The second kappa shape index (κ2) is 10.0. The van der Waals surface area contributed by atoms with Gasteiger partial charge >= 0.3 is 0 Å². The Morgan fingerprint density at radius 3 is 2.67 bits per heavy atom. The fraction of sp³-hybridized carbons (Fsp3) is 0.560. The SMILES string of the molecule is CC[C@H]1COCCN1c1cc(C2(S(C)(=O)=O)CCOCC2)nc(-c2ccc3[nH]c(CNC)cc3n2)n1. The normalized spacial score (nSPS) is 20.6. The van der Waals surface area contributed by atoms with E-state index in [-0.39, 0.29) is 6.04 Å². The highest BCUT2D eigenvalue weighted by Gasteiger charge is 2.46. The lowest BCUT2D eigenvalue weighted by Gasteiger charge is -2.38. The van der Waals surface area contributed by atoms with Crippen LogP contribution in [0.15, 0.2) is 24.3 Å². The molecule has 3 aromatic heterocycles. The van der Waals surface area contributed by atoms with Gasteiger partial charge in [0.15, 0.2) is 15.7 Å². The maximum Gasteiger partial charge on any atom is 0.180 e. The van der Waals surface area contributed by atoms with E-state index in [4.69, 9.17) is 24.4 Å². The number of hydrogen-bond donors (Lipinski definition) is 2. The van der Waals surface area contributed by atoms with Crippen molar-refractivity contribution in [2.75, 3.05) is 51.2 Å². The van der Waals surface area contributed by atoms with Crippen LogP contribution < -0.4 is 10.2 Å². The first-order chi connectivity index (χ1) is 17.3. The number of hydrogen-bond acceptors (Lipinski definition) is 9. The summed E-state index contributed by atoms with van der Waals surface area (Å²) in [5.74, 6) is 1.14. The molecular weight excluding hydrogens is 480 g/mol. The Kier molecular flexibility index (Phi) is 6.99. The molecule has 0 saturated carbocycles. The number of sulfone groups is 1. The van der Waals surface area contributed by atoms with Crippen LogP contribution in [0.3, 0.4) is 0 Å². The number of H-pyrrole nitrogens is 1. The highest BCUT2D eigenvalue weighted by Crippen LogP contribution is 2.40. The third kappa shape index (κ3) is 4.60. The van der Waals surface area contributed by atoms with Crippen LogP contribution in [0.2, 0.25) is 0 Å². The lowest BCUT2D eigenvalue weighted by Crippen LogP contribution is -2.46. The maximum atomic E-state index is 13.2. The quantitative estimate of drug-likeness (QED) is 0.489. The minimum atomic E-state index is -3.49. The smallest absolute Gasteiger partial charge is 0.180 e. The van der Waals surface area contributed by atoms with Gasteiger partial charge in [-0.05, 0) is 44.5 Å². The summed E-state index contributed by atoms with van der Waals surface area (Å²) < 4.78 is 36.6. The van der Waals surface area contributed by atoms with Crippen molar-refractivity contribution in [3.8, 4) is 11.5 Å². The third-order valence-electron chi connectivity index (χ3n) is 7.31. The van der Waals surface area contributed by atoms with Gasteiger partial charge in [0, 0.05) is 44.3 Å². The number of pyridine rings is 1. The van der Waals surface area contributed by atoms with Gasteiger partial charge in [0.25, 0.3) is 0 Å². The first-order valence-electron chi connectivity index (χ1n) is 12.5. The number of fused-ring (bicyclic) bond motifs is 1. The van der Waals surface area contributed by atoms with Gasteiger partial charge in [0.2, 0.25) is 0 Å². The molecule has 5 heterocycles. The van der Waals surface area contributed by atoms with Gasteiger partial charge in [-0.15, -0.1) is 0 Å². The van der Waals surface area contributed by atoms with E-state index in [1.165, 1.54) is 6.26 Å². The number of morpholine rings is 1. The predicted molar refractivity (Wildman–Crippen MR) is 139 cm³/mol. The second-order valence-corrected chi connectivity index (χ2v) is 11.9. The molecule has 10 nitrogen and oxygen atoms in total. The van der Waals surface area contributed by atoms with Crippen molar-refractivity contribution in [2.24, 2.45) is 0 Å². The van der Waals surface area contributed by atoms with Crippen LogP contribution in [0.25, 0.3) is 22.6 Å². The summed E-state index contributed by atoms with van der Waals surface area (Å²) >= 11 is 0. The number of aromatic amines is 1. The van der Waals surface area contributed by atoms with E-state index in [1.807, 2.05) is 31.3 Å². The Balaban J connectivity index is 1.67. The molecule has 36 heavy (non-hydrogen) atoms. The largest absolute Gasteiger partial charge is 0.381 e. The van der Waals surface area contributed by atoms with Gasteiger partial charge in [0.1, 0.15) is 16.3 Å². The van der Waals surface area contributed by atoms with Crippen molar-refractivity contribution in [3.63, 3.8) is 0 Å². The lowest BCUT2D eigenvalue weighted by molar-refractivity contribution is 0.0731. The zero-order valence-corrected chi connectivity index (χ0v) is 21.9. The van der Waals surface area contributed by atoms with E-state index in [1.54, 1.807) is 0 Å². The number of nitrogens with one attached hydrogen (secondary N) is 2. The van der Waals surface area contributed by atoms with Gasteiger partial charge in [-0.25, -0.2) is 23.4 Å². The summed E-state index contributed by atoms with van der Waals surface area (Å²) in [4.78, 5) is 20.2. The number of aromatic nitrogens is 4. The Labute approximate surface area is 211 Å². The summed E-state index contributed by atoms with van der Waals surface area (Å²) in [6.07, 6.45) is 2.91. The van der Waals surface area contributed by atoms with E-state index in [0.717, 1.165) is 23.1 Å². The summed E-state index contributed by atoms with van der Waals surface area (Å²) in [7, 11) is -1.59. The summed E-state index contributed by atoms with van der Waals surface area (Å²) in [5, 5.41) is 3.14. The van der Waals surface area contributed by atoms with Gasteiger partial charge in [-0.1, -0.05) is 6.92 Å². The molecule has 1 atom stereocenters. The molecule has 3 aromatic rings. The molecule has 5 rings (SSSR count). The third-order valence-corrected chi connectivity index (χ3v) is 9.35. The summed E-state index contributed by atoms with van der Waals surface area (Å²) in [6, 6.07) is 7.88. The molecule has 0 unspecified atom stereocenters. The van der Waals surface area contributed by atoms with E-state index < -0.39 is 14.6 Å². The highest BCUT2D eigenvalue weighted by molar-refractivity contribution is 7.91. The molecule has 194 valence electrons. The average Bonchev–Trinajstić information content (AvgIpc) is 3.30. The van der Waals surface area contributed by atoms with Crippen molar-refractivity contribution >= 4 is 26.7 Å². The van der Waals surface area contributed by atoms with Crippen LogP contribution in [0.4, 0.5) is 5.82 Å². The minimum Gasteiger partial charge on any atom is -0.381 e. The first-order valence-corrected chi connectivity index (χ1v) is 14.4. The molecule has 0 radical (unpaired) electrons. The molecule has 2 aliphatic heterocycles. The van der Waals surface area contributed by atoms with E-state index >= 15 is 0 Å². The van der Waals surface area contributed by atoms with Crippen LogP contribution in [0, 0.1) is 0 Å². The zero-order valence-electron chi connectivity index (χ0n) is 21.1. The van der Waals surface area contributed by atoms with Crippen LogP contribution in [0.5, 0.6) is 0 Å². The molecule has 2 N–H and O–H groups in total. The standard InChI is InChI=1S/C25H34N6O4S/c1-4-18-16-35-12-9-31(18)23-14-22(25(36(3,32)33)7-10-34-11-8-25)29-24(30-23)20-6-5-19-21(28-20)13-17(27-19)15-26-2/h5-6,13-14,18,26-27H,4,7-12,15-16H2,1-3H3/t18-/m0/s1. The van der Waals surface area contributed by atoms with E-state index in [0.29, 0.717) is 75.4 Å². The van der Waals surface area contributed by atoms with Crippen molar-refractivity contribution in [2.45, 2.75) is 43.5 Å². The van der Waals surface area contributed by atoms with Crippen molar-refractivity contribution in [1.82, 2.24) is 25.3 Å². The monoisotopic (exact) mass is 514 g/mol. The molecule has 0 spiro atoms. The van der Waals surface area contributed by atoms with Gasteiger partial charge in [-0.2, -0.15) is 0 Å². The fourth-order valence-corrected chi connectivity index (χ4v) is 6.61. The summed E-state index contributed by atoms with van der Waals surface area (Å²) in [5.41, 5.74) is 3.90. The Bertz CT molecular complexity index is 1340. The molecule has 0 bridgehead atoms. The molecule has 2 aliphatic rings. The van der Waals surface area contributed by atoms with E-state index in [9.17, 15) is 8.42 Å². The predicted octanol–water partition coefficient (Wildman–Crippen LogP) is 2.40. The molecule has 2 saturated heterocycles. The van der Waals surface area contributed by atoms with Gasteiger partial charge < -0.3 is 24.7 Å². The molecular formula is C25H34N6O4S.